The zero-order chi connectivity index (χ0) is 24.7. The lowest BCUT2D eigenvalue weighted by atomic mass is 9.88. The van der Waals surface area contributed by atoms with Gasteiger partial charge in [-0.15, -0.1) is 0 Å². The van der Waals surface area contributed by atoms with Gasteiger partial charge in [0.1, 0.15) is 11.6 Å². The number of likely N-dealkylation sites (tertiary alicyclic amines) is 1. The molecule has 0 spiro atoms. The van der Waals surface area contributed by atoms with Crippen LogP contribution in [0.25, 0.3) is 0 Å². The van der Waals surface area contributed by atoms with Crippen molar-refractivity contribution >= 4 is 18.0 Å². The molecule has 1 aliphatic rings. The van der Waals surface area contributed by atoms with E-state index in [9.17, 15) is 14.4 Å². The highest BCUT2D eigenvalue weighted by molar-refractivity contribution is 5.83. The normalized spacial score (nSPS) is 18.0. The molecule has 34 heavy (non-hydrogen) atoms. The second-order valence-electron chi connectivity index (χ2n) is 9.48. The van der Waals surface area contributed by atoms with E-state index in [2.05, 4.69) is 5.32 Å². The quantitative estimate of drug-likeness (QED) is 0.616. The van der Waals surface area contributed by atoms with Gasteiger partial charge in [-0.3, -0.25) is 9.69 Å². The molecule has 1 heterocycles. The SMILES string of the molecule is CCOC(=O)[C@@H]1C[C@H](NC(=O)CC(c2ccccc2)c2ccccc2)CN1C(=O)OC(C)(C)C. The maximum atomic E-state index is 13.1. The monoisotopic (exact) mass is 466 g/mol. The van der Waals surface area contributed by atoms with Crippen LogP contribution >= 0.6 is 0 Å². The predicted molar refractivity (Wildman–Crippen MR) is 129 cm³/mol. The third kappa shape index (κ3) is 6.83. The van der Waals surface area contributed by atoms with Crippen LogP contribution in [0, 0.1) is 0 Å². The van der Waals surface area contributed by atoms with Crippen LogP contribution in [0.4, 0.5) is 4.79 Å². The van der Waals surface area contributed by atoms with Crippen LogP contribution < -0.4 is 5.32 Å². The Morgan fingerprint density at radius 2 is 1.56 bits per heavy atom. The molecule has 1 N–H and O–H groups in total. The van der Waals surface area contributed by atoms with Gasteiger partial charge in [-0.25, -0.2) is 9.59 Å². The van der Waals surface area contributed by atoms with Crippen molar-refractivity contribution in [2.24, 2.45) is 0 Å². The summed E-state index contributed by atoms with van der Waals surface area (Å²) in [5.41, 5.74) is 1.40. The van der Waals surface area contributed by atoms with E-state index in [1.165, 1.54) is 4.90 Å². The summed E-state index contributed by atoms with van der Waals surface area (Å²) >= 11 is 0. The van der Waals surface area contributed by atoms with Crippen molar-refractivity contribution in [3.8, 4) is 0 Å². The molecule has 0 aromatic heterocycles. The first-order valence-electron chi connectivity index (χ1n) is 11.7. The highest BCUT2D eigenvalue weighted by atomic mass is 16.6. The van der Waals surface area contributed by atoms with E-state index in [1.807, 2.05) is 60.7 Å². The predicted octanol–water partition coefficient (Wildman–Crippen LogP) is 4.27. The standard InChI is InChI=1S/C27H34N2O5/c1-5-33-25(31)23-16-21(18-29(23)26(32)34-27(2,3)4)28-24(30)17-22(19-12-8-6-9-13-19)20-14-10-7-11-15-20/h6-15,21-23H,5,16-18H2,1-4H3,(H,28,30)/t21-,23-/m0/s1. The average molecular weight is 467 g/mol. The fourth-order valence-electron chi connectivity index (χ4n) is 4.20. The van der Waals surface area contributed by atoms with Gasteiger partial charge in [0.15, 0.2) is 0 Å². The lowest BCUT2D eigenvalue weighted by Gasteiger charge is -2.27. The zero-order valence-corrected chi connectivity index (χ0v) is 20.3. The van der Waals surface area contributed by atoms with Crippen LogP contribution in [0.15, 0.2) is 60.7 Å². The first kappa shape index (κ1) is 25.3. The number of amides is 2. The number of carbonyl (C=O) groups excluding carboxylic acids is 3. The summed E-state index contributed by atoms with van der Waals surface area (Å²) in [6, 6.07) is 18.6. The van der Waals surface area contributed by atoms with Gasteiger partial charge in [-0.05, 0) is 38.8 Å². The van der Waals surface area contributed by atoms with E-state index in [4.69, 9.17) is 9.47 Å². The summed E-state index contributed by atoms with van der Waals surface area (Å²) in [6.45, 7) is 7.43. The van der Waals surface area contributed by atoms with E-state index >= 15 is 0 Å². The Labute approximate surface area is 201 Å². The summed E-state index contributed by atoms with van der Waals surface area (Å²) in [5, 5.41) is 3.03. The third-order valence-corrected chi connectivity index (χ3v) is 5.65. The van der Waals surface area contributed by atoms with Gasteiger partial charge in [0, 0.05) is 31.3 Å². The van der Waals surface area contributed by atoms with Gasteiger partial charge < -0.3 is 14.8 Å². The summed E-state index contributed by atoms with van der Waals surface area (Å²) in [7, 11) is 0. The molecule has 2 amide bonds. The Morgan fingerprint density at radius 3 is 2.06 bits per heavy atom. The van der Waals surface area contributed by atoms with Crippen LogP contribution in [0.1, 0.15) is 57.6 Å². The minimum atomic E-state index is -0.792. The van der Waals surface area contributed by atoms with E-state index in [0.717, 1.165) is 11.1 Å². The molecule has 0 unspecified atom stereocenters. The lowest BCUT2D eigenvalue weighted by molar-refractivity contribution is -0.148. The van der Waals surface area contributed by atoms with Gasteiger partial charge in [-0.1, -0.05) is 60.7 Å². The molecule has 1 saturated heterocycles. The number of esters is 1. The Balaban J connectivity index is 1.72. The van der Waals surface area contributed by atoms with Crippen LogP contribution in [0.2, 0.25) is 0 Å². The Hall–Kier alpha value is -3.35. The molecule has 0 saturated carbocycles. The van der Waals surface area contributed by atoms with E-state index < -0.39 is 23.7 Å². The highest BCUT2D eigenvalue weighted by Crippen LogP contribution is 2.28. The molecule has 2 aromatic rings. The maximum absolute atomic E-state index is 13.1. The summed E-state index contributed by atoms with van der Waals surface area (Å²) in [4.78, 5) is 39.7. The van der Waals surface area contributed by atoms with Gasteiger partial charge in [0.05, 0.1) is 6.61 Å². The molecule has 0 bridgehead atoms. The van der Waals surface area contributed by atoms with Gasteiger partial charge in [0.25, 0.3) is 0 Å². The second-order valence-corrected chi connectivity index (χ2v) is 9.48. The average Bonchev–Trinajstić information content (AvgIpc) is 3.22. The summed E-state index contributed by atoms with van der Waals surface area (Å²) < 4.78 is 10.6. The van der Waals surface area contributed by atoms with Crippen LogP contribution in [-0.4, -0.2) is 53.7 Å². The number of benzene rings is 2. The van der Waals surface area contributed by atoms with Crippen molar-refractivity contribution in [1.29, 1.82) is 0 Å². The van der Waals surface area contributed by atoms with Crippen LogP contribution in [0.3, 0.4) is 0 Å². The second kappa shape index (κ2) is 11.2. The number of nitrogens with zero attached hydrogens (tertiary/aromatic N) is 1. The zero-order valence-electron chi connectivity index (χ0n) is 20.3. The topological polar surface area (TPSA) is 84.9 Å². The molecule has 2 aromatic carbocycles. The third-order valence-electron chi connectivity index (χ3n) is 5.65. The summed E-state index contributed by atoms with van der Waals surface area (Å²) in [5.74, 6) is -0.737. The summed E-state index contributed by atoms with van der Waals surface area (Å²) in [6.07, 6.45) is -0.0552. The number of hydrogen-bond acceptors (Lipinski definition) is 5. The molecular weight excluding hydrogens is 432 g/mol. The highest BCUT2D eigenvalue weighted by Gasteiger charge is 2.43. The van der Waals surface area contributed by atoms with Crippen molar-refractivity contribution in [2.75, 3.05) is 13.2 Å². The minimum Gasteiger partial charge on any atom is -0.464 e. The molecule has 0 aliphatic carbocycles. The Bertz CT molecular complexity index is 932. The number of rotatable bonds is 7. The molecule has 3 rings (SSSR count). The van der Waals surface area contributed by atoms with Crippen LogP contribution in [-0.2, 0) is 19.1 Å². The van der Waals surface area contributed by atoms with Crippen molar-refractivity contribution in [2.45, 2.75) is 64.1 Å². The number of hydrogen-bond donors (Lipinski definition) is 1. The minimum absolute atomic E-state index is 0.105. The molecule has 0 radical (unpaired) electrons. The molecule has 2 atom stereocenters. The first-order valence-corrected chi connectivity index (χ1v) is 11.7. The van der Waals surface area contributed by atoms with E-state index in [1.54, 1.807) is 27.7 Å². The van der Waals surface area contributed by atoms with E-state index in [0.29, 0.717) is 0 Å². The molecule has 7 heteroatoms. The fourth-order valence-corrected chi connectivity index (χ4v) is 4.20. The smallest absolute Gasteiger partial charge is 0.411 e. The Kier molecular flexibility index (Phi) is 8.31. The molecular formula is C27H34N2O5. The van der Waals surface area contributed by atoms with Gasteiger partial charge in [-0.2, -0.15) is 0 Å². The van der Waals surface area contributed by atoms with Crippen molar-refractivity contribution in [1.82, 2.24) is 10.2 Å². The van der Waals surface area contributed by atoms with Crippen LogP contribution in [0.5, 0.6) is 0 Å². The number of nitrogens with one attached hydrogen (secondary N) is 1. The number of carbonyl (C=O) groups is 3. The maximum Gasteiger partial charge on any atom is 0.411 e. The lowest BCUT2D eigenvalue weighted by Crippen LogP contribution is -2.44. The number of ether oxygens (including phenoxy) is 2. The van der Waals surface area contributed by atoms with Gasteiger partial charge >= 0.3 is 12.1 Å². The van der Waals surface area contributed by atoms with Crippen molar-refractivity contribution in [3.05, 3.63) is 71.8 Å². The van der Waals surface area contributed by atoms with Crippen molar-refractivity contribution in [3.63, 3.8) is 0 Å². The molecule has 1 aliphatic heterocycles. The van der Waals surface area contributed by atoms with E-state index in [-0.39, 0.29) is 43.9 Å². The van der Waals surface area contributed by atoms with Crippen molar-refractivity contribution < 1.29 is 23.9 Å². The first-order chi connectivity index (χ1) is 16.2. The fraction of sp³-hybridized carbons (Fsp3) is 0.444. The largest absolute Gasteiger partial charge is 0.464 e. The molecule has 7 nitrogen and oxygen atoms in total. The molecule has 1 fully saturated rings. The molecule has 182 valence electrons. The Morgan fingerprint density at radius 1 is 1.00 bits per heavy atom. The van der Waals surface area contributed by atoms with Gasteiger partial charge in [0.2, 0.25) is 5.91 Å².